The van der Waals surface area contributed by atoms with Crippen LogP contribution < -0.4 is 20.7 Å². The number of ether oxygens (including phenoxy) is 1. The molecule has 1 aliphatic heterocycles. The maximum absolute atomic E-state index is 12.8. The molecule has 0 spiro atoms. The largest absolute Gasteiger partial charge is 0.482 e. The predicted octanol–water partition coefficient (Wildman–Crippen LogP) is 2.38. The van der Waals surface area contributed by atoms with Crippen LogP contribution in [0.25, 0.3) is 11.0 Å². The smallest absolute Gasteiger partial charge is 0.272 e. The molecule has 172 valence electrons. The number of carbonyl (C=O) groups is 3. The zero-order chi connectivity index (χ0) is 23.8. The van der Waals surface area contributed by atoms with Gasteiger partial charge in [0.25, 0.3) is 17.7 Å². The number of benzene rings is 1. The quantitative estimate of drug-likeness (QED) is 0.471. The first-order valence-corrected chi connectivity index (χ1v) is 10.6. The van der Waals surface area contributed by atoms with E-state index in [2.05, 4.69) is 30.9 Å². The summed E-state index contributed by atoms with van der Waals surface area (Å²) < 4.78 is 5.34. The van der Waals surface area contributed by atoms with Crippen LogP contribution in [0.4, 0.5) is 5.69 Å². The van der Waals surface area contributed by atoms with Crippen molar-refractivity contribution in [3.8, 4) is 5.75 Å². The molecular weight excluding hydrogens is 424 g/mol. The maximum atomic E-state index is 12.8. The number of aromatic nitrogens is 3. The summed E-state index contributed by atoms with van der Waals surface area (Å²) in [4.78, 5) is 48.4. The fourth-order valence-electron chi connectivity index (χ4n) is 3.28. The molecule has 1 aliphatic rings. The van der Waals surface area contributed by atoms with Crippen LogP contribution in [0.3, 0.4) is 0 Å². The Bertz CT molecular complexity index is 1240. The lowest BCUT2D eigenvalue weighted by atomic mass is 9.88. The van der Waals surface area contributed by atoms with Gasteiger partial charge in [-0.2, -0.15) is 0 Å². The van der Waals surface area contributed by atoms with Gasteiger partial charge < -0.3 is 25.7 Å². The number of carbonyl (C=O) groups excluding carboxylic acids is 3. The summed E-state index contributed by atoms with van der Waals surface area (Å²) >= 11 is 0. The molecule has 0 saturated heterocycles. The van der Waals surface area contributed by atoms with Gasteiger partial charge in [-0.05, 0) is 30.0 Å². The molecule has 3 heterocycles. The molecule has 10 heteroatoms. The fourth-order valence-corrected chi connectivity index (χ4v) is 3.28. The fraction of sp³-hybridized carbons (Fsp3) is 0.348. The standard InChI is InChI=1S/C23H26N6O4/c1-12(23(2,3)4)28-21(31)14-9-24-19-18(14)26-11-27-20(19)22(32)25-8-13-5-6-16-15(7-13)29-17(30)10-33-16/h5-7,9,11-12,24H,8,10H2,1-4H3,(H,25,32)(H,28,31)(H,29,30)/t12-/m0/s1. The Labute approximate surface area is 190 Å². The monoisotopic (exact) mass is 450 g/mol. The number of hydrogen-bond donors (Lipinski definition) is 4. The zero-order valence-corrected chi connectivity index (χ0v) is 18.9. The molecule has 3 amide bonds. The van der Waals surface area contributed by atoms with Gasteiger partial charge in [0.15, 0.2) is 12.3 Å². The molecule has 33 heavy (non-hydrogen) atoms. The second-order valence-corrected chi connectivity index (χ2v) is 9.06. The number of anilines is 1. The highest BCUT2D eigenvalue weighted by molar-refractivity contribution is 6.10. The van der Waals surface area contributed by atoms with Crippen molar-refractivity contribution in [1.29, 1.82) is 0 Å². The number of nitrogens with one attached hydrogen (secondary N) is 4. The Hall–Kier alpha value is -3.95. The van der Waals surface area contributed by atoms with E-state index >= 15 is 0 Å². The number of aromatic amines is 1. The van der Waals surface area contributed by atoms with Gasteiger partial charge in [-0.3, -0.25) is 14.4 Å². The van der Waals surface area contributed by atoms with Gasteiger partial charge in [0.1, 0.15) is 17.6 Å². The molecule has 1 atom stereocenters. The van der Waals surface area contributed by atoms with Crippen LogP contribution in [0.1, 0.15) is 54.1 Å². The van der Waals surface area contributed by atoms with Crippen LogP contribution in [0.15, 0.2) is 30.7 Å². The zero-order valence-electron chi connectivity index (χ0n) is 18.9. The average Bonchev–Trinajstić information content (AvgIpc) is 3.20. The van der Waals surface area contributed by atoms with Gasteiger partial charge in [0.05, 0.1) is 16.8 Å². The highest BCUT2D eigenvalue weighted by Crippen LogP contribution is 2.28. The minimum Gasteiger partial charge on any atom is -0.482 e. The lowest BCUT2D eigenvalue weighted by Gasteiger charge is -2.27. The van der Waals surface area contributed by atoms with Crippen molar-refractivity contribution in [2.45, 2.75) is 40.3 Å². The number of rotatable bonds is 5. The highest BCUT2D eigenvalue weighted by atomic mass is 16.5. The van der Waals surface area contributed by atoms with Crippen molar-refractivity contribution in [3.05, 3.63) is 47.5 Å². The van der Waals surface area contributed by atoms with E-state index in [0.717, 1.165) is 5.56 Å². The van der Waals surface area contributed by atoms with Crippen molar-refractivity contribution in [2.75, 3.05) is 11.9 Å². The first kappa shape index (κ1) is 22.3. The Kier molecular flexibility index (Phi) is 5.75. The Balaban J connectivity index is 1.50. The van der Waals surface area contributed by atoms with Crippen LogP contribution in [0.2, 0.25) is 0 Å². The molecule has 2 aromatic heterocycles. The lowest BCUT2D eigenvalue weighted by molar-refractivity contribution is -0.118. The summed E-state index contributed by atoms with van der Waals surface area (Å²) in [5.74, 6) is -0.333. The topological polar surface area (TPSA) is 138 Å². The van der Waals surface area contributed by atoms with Crippen LogP contribution in [0, 0.1) is 5.41 Å². The third kappa shape index (κ3) is 4.64. The minimum absolute atomic E-state index is 0.0158. The van der Waals surface area contributed by atoms with E-state index in [-0.39, 0.29) is 42.1 Å². The summed E-state index contributed by atoms with van der Waals surface area (Å²) in [5, 5.41) is 8.53. The molecule has 0 aliphatic carbocycles. The van der Waals surface area contributed by atoms with E-state index in [1.54, 1.807) is 18.2 Å². The number of hydrogen-bond acceptors (Lipinski definition) is 6. The van der Waals surface area contributed by atoms with Gasteiger partial charge in [-0.25, -0.2) is 9.97 Å². The lowest BCUT2D eigenvalue weighted by Crippen LogP contribution is -2.41. The summed E-state index contributed by atoms with van der Waals surface area (Å²) in [6.45, 7) is 8.27. The second kappa shape index (κ2) is 8.53. The number of H-pyrrole nitrogens is 1. The molecule has 0 saturated carbocycles. The molecule has 0 bridgehead atoms. The number of fused-ring (bicyclic) bond motifs is 2. The summed E-state index contributed by atoms with van der Waals surface area (Å²) in [6, 6.07) is 5.23. The number of amides is 3. The van der Waals surface area contributed by atoms with Crippen LogP contribution in [-0.2, 0) is 11.3 Å². The average molecular weight is 450 g/mol. The van der Waals surface area contributed by atoms with E-state index in [9.17, 15) is 14.4 Å². The first-order chi connectivity index (χ1) is 15.6. The number of nitrogens with zero attached hydrogens (tertiary/aromatic N) is 2. The Morgan fingerprint density at radius 1 is 1.21 bits per heavy atom. The van der Waals surface area contributed by atoms with E-state index in [0.29, 0.717) is 28.0 Å². The third-order valence-corrected chi connectivity index (χ3v) is 5.70. The molecule has 4 rings (SSSR count). The van der Waals surface area contributed by atoms with Gasteiger partial charge in [-0.15, -0.1) is 0 Å². The summed E-state index contributed by atoms with van der Waals surface area (Å²) in [7, 11) is 0. The van der Waals surface area contributed by atoms with Gasteiger partial charge in [-0.1, -0.05) is 26.8 Å². The van der Waals surface area contributed by atoms with E-state index in [1.165, 1.54) is 12.5 Å². The normalized spacial score (nSPS) is 14.1. The van der Waals surface area contributed by atoms with Gasteiger partial charge in [0, 0.05) is 18.8 Å². The first-order valence-electron chi connectivity index (χ1n) is 10.6. The molecule has 4 N–H and O–H groups in total. The van der Waals surface area contributed by atoms with Crippen molar-refractivity contribution >= 4 is 34.4 Å². The van der Waals surface area contributed by atoms with E-state index < -0.39 is 5.91 Å². The third-order valence-electron chi connectivity index (χ3n) is 5.70. The molecule has 10 nitrogen and oxygen atoms in total. The highest BCUT2D eigenvalue weighted by Gasteiger charge is 2.25. The van der Waals surface area contributed by atoms with Crippen molar-refractivity contribution in [1.82, 2.24) is 25.6 Å². The van der Waals surface area contributed by atoms with Crippen LogP contribution in [0.5, 0.6) is 5.75 Å². The molecular formula is C23H26N6O4. The van der Waals surface area contributed by atoms with Crippen molar-refractivity contribution < 1.29 is 19.1 Å². The molecule has 0 fully saturated rings. The summed E-state index contributed by atoms with van der Waals surface area (Å²) in [6.07, 6.45) is 2.80. The van der Waals surface area contributed by atoms with Crippen molar-refractivity contribution in [2.24, 2.45) is 5.41 Å². The summed E-state index contributed by atoms with van der Waals surface area (Å²) in [5.41, 5.74) is 2.48. The van der Waals surface area contributed by atoms with E-state index in [4.69, 9.17) is 4.74 Å². The minimum atomic E-state index is -0.419. The molecule has 0 unspecified atom stereocenters. The molecule has 3 aromatic rings. The van der Waals surface area contributed by atoms with E-state index in [1.807, 2.05) is 27.7 Å². The predicted molar refractivity (Wildman–Crippen MR) is 122 cm³/mol. The van der Waals surface area contributed by atoms with Gasteiger partial charge in [0.2, 0.25) is 0 Å². The Morgan fingerprint density at radius 2 is 2.00 bits per heavy atom. The Morgan fingerprint density at radius 3 is 2.76 bits per heavy atom. The molecule has 1 aromatic carbocycles. The maximum Gasteiger partial charge on any atom is 0.272 e. The van der Waals surface area contributed by atoms with Crippen LogP contribution in [-0.4, -0.2) is 45.3 Å². The van der Waals surface area contributed by atoms with Crippen LogP contribution >= 0.6 is 0 Å². The SMILES string of the molecule is C[C@H](NC(=O)c1c[nH]c2c(C(=O)NCc3ccc4c(c3)NC(=O)CO4)ncnc12)C(C)(C)C. The molecule has 0 radical (unpaired) electrons. The van der Waals surface area contributed by atoms with Crippen molar-refractivity contribution in [3.63, 3.8) is 0 Å². The van der Waals surface area contributed by atoms with Gasteiger partial charge >= 0.3 is 0 Å². The second-order valence-electron chi connectivity index (χ2n) is 9.06.